The van der Waals surface area contributed by atoms with Crippen molar-refractivity contribution in [2.75, 3.05) is 0 Å². The highest BCUT2D eigenvalue weighted by Gasteiger charge is 2.67. The molecule has 0 heterocycles. The van der Waals surface area contributed by atoms with E-state index in [-0.39, 0.29) is 5.41 Å². The molecule has 0 amide bonds. The zero-order valence-electron chi connectivity index (χ0n) is 8.04. The Kier molecular flexibility index (Phi) is 1.45. The molecule has 0 aliphatic heterocycles. The SMILES string of the molecule is CC1CC(O)C2(O)CC1C2(C)C. The monoisotopic (exact) mass is 170 g/mol. The zero-order chi connectivity index (χ0) is 9.15. The van der Waals surface area contributed by atoms with E-state index in [1.54, 1.807) is 0 Å². The number of aliphatic hydroxyl groups excluding tert-OH is 1. The molecule has 0 saturated heterocycles. The Labute approximate surface area is 73.6 Å². The van der Waals surface area contributed by atoms with Crippen molar-refractivity contribution in [1.82, 2.24) is 0 Å². The van der Waals surface area contributed by atoms with Crippen LogP contribution in [0.2, 0.25) is 0 Å². The topological polar surface area (TPSA) is 40.5 Å². The Balaban J connectivity index is 2.31. The van der Waals surface area contributed by atoms with Crippen LogP contribution in [0.1, 0.15) is 33.6 Å². The summed E-state index contributed by atoms with van der Waals surface area (Å²) >= 11 is 0. The highest BCUT2D eigenvalue weighted by atomic mass is 16.3. The van der Waals surface area contributed by atoms with Gasteiger partial charge in [0, 0.05) is 0 Å². The molecule has 70 valence electrons. The number of aliphatic hydroxyl groups is 2. The summed E-state index contributed by atoms with van der Waals surface area (Å²) in [6.45, 7) is 6.31. The Hall–Kier alpha value is -0.0800. The van der Waals surface area contributed by atoms with Crippen molar-refractivity contribution in [3.8, 4) is 0 Å². The van der Waals surface area contributed by atoms with Gasteiger partial charge in [-0.25, -0.2) is 0 Å². The van der Waals surface area contributed by atoms with Crippen LogP contribution in [0, 0.1) is 17.3 Å². The maximum absolute atomic E-state index is 10.1. The third-order valence-corrected chi connectivity index (χ3v) is 4.41. The molecular formula is C10H18O2. The van der Waals surface area contributed by atoms with Crippen LogP contribution < -0.4 is 0 Å². The fourth-order valence-corrected chi connectivity index (χ4v) is 3.23. The standard InChI is InChI=1S/C10H18O2/c1-6-4-8(11)10(12)5-7(6)9(10,2)3/h6-8,11-12H,4-5H2,1-3H3. The molecule has 0 spiro atoms. The minimum Gasteiger partial charge on any atom is -0.390 e. The van der Waals surface area contributed by atoms with Gasteiger partial charge in [0.05, 0.1) is 11.7 Å². The van der Waals surface area contributed by atoms with E-state index >= 15 is 0 Å². The van der Waals surface area contributed by atoms with E-state index in [4.69, 9.17) is 0 Å². The molecular weight excluding hydrogens is 152 g/mol. The van der Waals surface area contributed by atoms with Gasteiger partial charge in [-0.05, 0) is 30.1 Å². The third-order valence-electron chi connectivity index (χ3n) is 4.41. The highest BCUT2D eigenvalue weighted by molar-refractivity contribution is 5.17. The predicted octanol–water partition coefficient (Wildman–Crippen LogP) is 1.16. The number of rotatable bonds is 0. The first kappa shape index (κ1) is 8.52. The second kappa shape index (κ2) is 2.05. The van der Waals surface area contributed by atoms with Gasteiger partial charge in [-0.3, -0.25) is 0 Å². The van der Waals surface area contributed by atoms with Gasteiger partial charge >= 0.3 is 0 Å². The van der Waals surface area contributed by atoms with E-state index in [9.17, 15) is 10.2 Å². The third kappa shape index (κ3) is 0.686. The maximum atomic E-state index is 10.1. The fraction of sp³-hybridized carbons (Fsp3) is 1.00. The first-order valence-electron chi connectivity index (χ1n) is 4.80. The van der Waals surface area contributed by atoms with Crippen LogP contribution in [0.4, 0.5) is 0 Å². The van der Waals surface area contributed by atoms with Gasteiger partial charge in [0.2, 0.25) is 0 Å². The van der Waals surface area contributed by atoms with Crippen molar-refractivity contribution in [2.24, 2.45) is 17.3 Å². The van der Waals surface area contributed by atoms with Crippen LogP contribution in [0.25, 0.3) is 0 Å². The largest absolute Gasteiger partial charge is 0.390 e. The lowest BCUT2D eigenvalue weighted by molar-refractivity contribution is -0.290. The van der Waals surface area contributed by atoms with E-state index in [0.29, 0.717) is 11.8 Å². The van der Waals surface area contributed by atoms with E-state index < -0.39 is 11.7 Å². The lowest BCUT2D eigenvalue weighted by Gasteiger charge is -2.66. The number of hydrogen-bond donors (Lipinski definition) is 2. The minimum absolute atomic E-state index is 0.0793. The summed E-state index contributed by atoms with van der Waals surface area (Å²) in [6, 6.07) is 0. The van der Waals surface area contributed by atoms with Crippen LogP contribution in [-0.2, 0) is 0 Å². The molecule has 0 radical (unpaired) electrons. The number of fused-ring (bicyclic) bond motifs is 2. The van der Waals surface area contributed by atoms with E-state index in [0.717, 1.165) is 12.8 Å². The number of hydrogen-bond acceptors (Lipinski definition) is 2. The molecule has 12 heavy (non-hydrogen) atoms. The summed E-state index contributed by atoms with van der Waals surface area (Å²) in [5.41, 5.74) is -0.867. The summed E-state index contributed by atoms with van der Waals surface area (Å²) in [6.07, 6.45) is 1.06. The Bertz CT molecular complexity index is 212. The van der Waals surface area contributed by atoms with Crippen molar-refractivity contribution in [2.45, 2.75) is 45.3 Å². The summed E-state index contributed by atoms with van der Waals surface area (Å²) in [4.78, 5) is 0. The smallest absolute Gasteiger partial charge is 0.0961 e. The molecule has 2 N–H and O–H groups in total. The van der Waals surface area contributed by atoms with Crippen molar-refractivity contribution >= 4 is 0 Å². The van der Waals surface area contributed by atoms with Crippen molar-refractivity contribution in [1.29, 1.82) is 0 Å². The Morgan fingerprint density at radius 3 is 2.33 bits per heavy atom. The van der Waals surface area contributed by atoms with Gasteiger partial charge in [0.25, 0.3) is 0 Å². The molecule has 3 aliphatic rings. The molecule has 3 fully saturated rings. The average molecular weight is 170 g/mol. The van der Waals surface area contributed by atoms with Crippen LogP contribution in [0.3, 0.4) is 0 Å². The zero-order valence-corrected chi connectivity index (χ0v) is 8.04. The molecule has 0 aromatic rings. The molecule has 2 bridgehead atoms. The lowest BCUT2D eigenvalue weighted by atomic mass is 9.42. The second-order valence-electron chi connectivity index (χ2n) is 5.19. The Morgan fingerprint density at radius 2 is 1.92 bits per heavy atom. The van der Waals surface area contributed by atoms with Crippen molar-refractivity contribution in [3.05, 3.63) is 0 Å². The first-order valence-corrected chi connectivity index (χ1v) is 4.80. The van der Waals surface area contributed by atoms with Gasteiger partial charge < -0.3 is 10.2 Å². The van der Waals surface area contributed by atoms with Gasteiger partial charge in [0.1, 0.15) is 0 Å². The molecule has 4 atom stereocenters. The summed E-state index contributed by atoms with van der Waals surface area (Å²) in [7, 11) is 0. The van der Waals surface area contributed by atoms with Crippen molar-refractivity contribution < 1.29 is 10.2 Å². The molecule has 3 aliphatic carbocycles. The molecule has 4 unspecified atom stereocenters. The molecule has 2 heteroatoms. The Morgan fingerprint density at radius 1 is 1.33 bits per heavy atom. The van der Waals surface area contributed by atoms with E-state index in [1.165, 1.54) is 0 Å². The predicted molar refractivity (Wildman–Crippen MR) is 46.6 cm³/mol. The van der Waals surface area contributed by atoms with Gasteiger partial charge in [-0.15, -0.1) is 0 Å². The average Bonchev–Trinajstić information content (AvgIpc) is 1.96. The minimum atomic E-state index is -0.788. The molecule has 3 saturated carbocycles. The maximum Gasteiger partial charge on any atom is 0.0961 e. The van der Waals surface area contributed by atoms with E-state index in [1.807, 2.05) is 0 Å². The van der Waals surface area contributed by atoms with E-state index in [2.05, 4.69) is 20.8 Å². The molecule has 0 aromatic heterocycles. The fourth-order valence-electron chi connectivity index (χ4n) is 3.23. The summed E-state index contributed by atoms with van der Waals surface area (Å²) < 4.78 is 0. The van der Waals surface area contributed by atoms with Gasteiger partial charge in [-0.2, -0.15) is 0 Å². The first-order chi connectivity index (χ1) is 5.39. The quantitative estimate of drug-likeness (QED) is 0.573. The van der Waals surface area contributed by atoms with Gasteiger partial charge in [0.15, 0.2) is 0 Å². The highest BCUT2D eigenvalue weighted by Crippen LogP contribution is 2.63. The molecule has 0 aromatic carbocycles. The van der Waals surface area contributed by atoms with Gasteiger partial charge in [-0.1, -0.05) is 20.8 Å². The normalized spacial score (nSPS) is 56.2. The summed E-state index contributed by atoms with van der Waals surface area (Å²) in [5.74, 6) is 1.16. The van der Waals surface area contributed by atoms with Crippen LogP contribution in [0.5, 0.6) is 0 Å². The molecule has 2 nitrogen and oxygen atoms in total. The molecule has 3 rings (SSSR count). The van der Waals surface area contributed by atoms with Crippen LogP contribution in [0.15, 0.2) is 0 Å². The second-order valence-corrected chi connectivity index (χ2v) is 5.19. The van der Waals surface area contributed by atoms with Crippen LogP contribution in [-0.4, -0.2) is 21.9 Å². The van der Waals surface area contributed by atoms with Crippen LogP contribution >= 0.6 is 0 Å². The summed E-state index contributed by atoms with van der Waals surface area (Å²) in [5, 5.41) is 19.8. The van der Waals surface area contributed by atoms with Crippen molar-refractivity contribution in [3.63, 3.8) is 0 Å². The lowest BCUT2D eigenvalue weighted by Crippen LogP contribution is -2.71.